The Bertz CT molecular complexity index is 756. The van der Waals surface area contributed by atoms with Crippen molar-refractivity contribution in [1.82, 2.24) is 0 Å². The number of hydrogen-bond donors (Lipinski definition) is 1. The topological polar surface area (TPSA) is 20.2 Å². The molecule has 0 amide bonds. The van der Waals surface area contributed by atoms with E-state index in [-0.39, 0.29) is 6.10 Å². The van der Waals surface area contributed by atoms with Gasteiger partial charge in [-0.2, -0.15) is 0 Å². The Morgan fingerprint density at radius 2 is 1.72 bits per heavy atom. The van der Waals surface area contributed by atoms with Gasteiger partial charge in [-0.05, 0) is 141 Å². The molecule has 0 aromatic rings. The highest BCUT2D eigenvalue weighted by Gasteiger charge is 2.81. The molecule has 5 saturated carbocycles. The van der Waals surface area contributed by atoms with Gasteiger partial charge in [-0.3, -0.25) is 0 Å². The smallest absolute Gasteiger partial charge is 0.0568 e. The van der Waals surface area contributed by atoms with Crippen molar-refractivity contribution in [2.24, 2.45) is 57.2 Å². The second kappa shape index (κ2) is 7.60. The van der Waals surface area contributed by atoms with Gasteiger partial charge in [-0.15, -0.1) is 0 Å². The monoisotopic (exact) mass is 440 g/mol. The van der Waals surface area contributed by atoms with Gasteiger partial charge < -0.3 is 5.11 Å². The molecule has 0 bridgehead atoms. The lowest BCUT2D eigenvalue weighted by Gasteiger charge is -2.62. The highest BCUT2D eigenvalue weighted by atomic mass is 16.3. The van der Waals surface area contributed by atoms with E-state index in [4.69, 9.17) is 0 Å². The molecule has 1 nitrogen and oxygen atoms in total. The average molecular weight is 441 g/mol. The maximum Gasteiger partial charge on any atom is 0.0568 e. The Kier molecular flexibility index (Phi) is 5.57. The highest BCUT2D eigenvalue weighted by molar-refractivity contribution is 5.29. The fourth-order valence-corrected chi connectivity index (χ4v) is 11.4. The molecule has 1 N–H and O–H groups in total. The molecule has 5 aliphatic rings. The molecular formula is C31H52O. The number of rotatable bonds is 6. The first kappa shape index (κ1) is 23.4. The van der Waals surface area contributed by atoms with Crippen LogP contribution in [0.2, 0.25) is 0 Å². The van der Waals surface area contributed by atoms with Crippen LogP contribution in [-0.2, 0) is 0 Å². The van der Waals surface area contributed by atoms with E-state index in [1.807, 2.05) is 0 Å². The number of fused-ring (bicyclic) bond motifs is 2. The average Bonchev–Trinajstić information content (AvgIpc) is 3.33. The second-order valence-electron chi connectivity index (χ2n) is 14.2. The zero-order valence-corrected chi connectivity index (χ0v) is 22.2. The zero-order chi connectivity index (χ0) is 23.1. The number of hydrogen-bond acceptors (Lipinski definition) is 1. The number of aliphatic hydroxyl groups excluding tert-OH is 1. The van der Waals surface area contributed by atoms with Crippen LogP contribution < -0.4 is 0 Å². The molecule has 0 aliphatic heterocycles. The lowest BCUT2D eigenvalue weighted by molar-refractivity contribution is -0.143. The molecule has 2 unspecified atom stereocenters. The van der Waals surface area contributed by atoms with Crippen molar-refractivity contribution >= 4 is 0 Å². The van der Waals surface area contributed by atoms with Crippen molar-refractivity contribution in [3.63, 3.8) is 0 Å². The SMILES string of the molecule is C=C(C)C(CC)CC[C@@H](C)[C@H]1CC[C@@]2(C)[C@@H]3CCC4[C@H](C)[C@@H](O)CC[C@@]45C[C@]35CC[C@]12C. The molecule has 11 atom stereocenters. The summed E-state index contributed by atoms with van der Waals surface area (Å²) in [6.07, 6.45) is 16.6. The van der Waals surface area contributed by atoms with Crippen molar-refractivity contribution in [2.75, 3.05) is 0 Å². The molecule has 2 spiro atoms. The maximum absolute atomic E-state index is 10.6. The standard InChI is InChI=1S/C31H52O/c1-8-23(20(2)3)10-9-21(4)24-13-15-29(7)27-12-11-25-22(5)26(32)14-16-30(25)19-31(27,30)18-17-28(24,29)6/h21-27,32H,2,8-19H2,1,3-7H3/t21-,22+,23?,24-,25?,26+,27+,28-,29+,30-,31-/m1/s1. The van der Waals surface area contributed by atoms with Gasteiger partial charge in [0.15, 0.2) is 0 Å². The molecule has 0 saturated heterocycles. The molecule has 0 aromatic heterocycles. The fraction of sp³-hybridized carbons (Fsp3) is 0.935. The normalized spacial score (nSPS) is 53.4. The first-order valence-corrected chi connectivity index (χ1v) is 14.4. The first-order valence-electron chi connectivity index (χ1n) is 14.4. The lowest BCUT2D eigenvalue weighted by atomic mass is 9.43. The summed E-state index contributed by atoms with van der Waals surface area (Å²) in [6, 6.07) is 0. The third-order valence-electron chi connectivity index (χ3n) is 13.6. The van der Waals surface area contributed by atoms with E-state index in [1.54, 1.807) is 0 Å². The molecule has 5 rings (SSSR count). The third kappa shape index (κ3) is 2.85. The van der Waals surface area contributed by atoms with Gasteiger partial charge in [0.2, 0.25) is 0 Å². The molecule has 0 aromatic carbocycles. The maximum atomic E-state index is 10.6. The van der Waals surface area contributed by atoms with Crippen molar-refractivity contribution in [1.29, 1.82) is 0 Å². The fourth-order valence-electron chi connectivity index (χ4n) is 11.4. The summed E-state index contributed by atoms with van der Waals surface area (Å²) in [6.45, 7) is 19.3. The molecule has 182 valence electrons. The van der Waals surface area contributed by atoms with E-state index in [0.29, 0.717) is 27.6 Å². The van der Waals surface area contributed by atoms with Gasteiger partial charge >= 0.3 is 0 Å². The van der Waals surface area contributed by atoms with Gasteiger partial charge in [-0.1, -0.05) is 46.8 Å². The summed E-state index contributed by atoms with van der Waals surface area (Å²) in [5.41, 5.74) is 3.71. The van der Waals surface area contributed by atoms with Crippen LogP contribution in [0.25, 0.3) is 0 Å². The predicted octanol–water partition coefficient (Wildman–Crippen LogP) is 8.41. The van der Waals surface area contributed by atoms with Crippen LogP contribution in [0.1, 0.15) is 119 Å². The second-order valence-corrected chi connectivity index (χ2v) is 14.2. The van der Waals surface area contributed by atoms with E-state index in [9.17, 15) is 5.11 Å². The summed E-state index contributed by atoms with van der Waals surface area (Å²) < 4.78 is 0. The Hall–Kier alpha value is -0.300. The number of aliphatic hydroxyl groups is 1. The number of allylic oxidation sites excluding steroid dienone is 1. The Balaban J connectivity index is 1.36. The lowest BCUT2D eigenvalue weighted by Crippen LogP contribution is -2.55. The quantitative estimate of drug-likeness (QED) is 0.411. The summed E-state index contributed by atoms with van der Waals surface area (Å²) >= 11 is 0. The van der Waals surface area contributed by atoms with Crippen LogP contribution in [-0.4, -0.2) is 11.2 Å². The van der Waals surface area contributed by atoms with Crippen molar-refractivity contribution in [2.45, 2.75) is 125 Å². The van der Waals surface area contributed by atoms with Gasteiger partial charge in [0.25, 0.3) is 0 Å². The van der Waals surface area contributed by atoms with E-state index >= 15 is 0 Å². The minimum atomic E-state index is -0.0351. The Morgan fingerprint density at radius 1 is 0.969 bits per heavy atom. The van der Waals surface area contributed by atoms with Gasteiger partial charge in [0.05, 0.1) is 6.10 Å². The third-order valence-corrected chi connectivity index (χ3v) is 13.6. The molecular weight excluding hydrogens is 388 g/mol. The van der Waals surface area contributed by atoms with Crippen LogP contribution in [0.4, 0.5) is 0 Å². The van der Waals surface area contributed by atoms with E-state index < -0.39 is 0 Å². The minimum Gasteiger partial charge on any atom is -0.393 e. The summed E-state index contributed by atoms with van der Waals surface area (Å²) in [5.74, 6) is 4.76. The summed E-state index contributed by atoms with van der Waals surface area (Å²) in [5, 5.41) is 10.6. The Morgan fingerprint density at radius 3 is 2.41 bits per heavy atom. The van der Waals surface area contributed by atoms with E-state index in [1.165, 1.54) is 76.2 Å². The van der Waals surface area contributed by atoms with Crippen LogP contribution in [0.5, 0.6) is 0 Å². The van der Waals surface area contributed by atoms with E-state index in [2.05, 4.69) is 48.1 Å². The van der Waals surface area contributed by atoms with Crippen molar-refractivity contribution < 1.29 is 5.11 Å². The predicted molar refractivity (Wildman–Crippen MR) is 135 cm³/mol. The largest absolute Gasteiger partial charge is 0.393 e. The van der Waals surface area contributed by atoms with Crippen molar-refractivity contribution in [3.8, 4) is 0 Å². The highest BCUT2D eigenvalue weighted by Crippen LogP contribution is 2.88. The minimum absolute atomic E-state index is 0.0351. The summed E-state index contributed by atoms with van der Waals surface area (Å²) in [4.78, 5) is 0. The zero-order valence-electron chi connectivity index (χ0n) is 22.2. The van der Waals surface area contributed by atoms with Crippen LogP contribution >= 0.6 is 0 Å². The van der Waals surface area contributed by atoms with Crippen LogP contribution in [0.15, 0.2) is 12.2 Å². The first-order chi connectivity index (χ1) is 15.1. The molecule has 1 heteroatoms. The summed E-state index contributed by atoms with van der Waals surface area (Å²) in [7, 11) is 0. The molecule has 5 fully saturated rings. The van der Waals surface area contributed by atoms with E-state index in [0.717, 1.165) is 36.0 Å². The molecule has 0 heterocycles. The van der Waals surface area contributed by atoms with Gasteiger partial charge in [0.1, 0.15) is 0 Å². The van der Waals surface area contributed by atoms with Crippen LogP contribution in [0.3, 0.4) is 0 Å². The van der Waals surface area contributed by atoms with Gasteiger partial charge in [0, 0.05) is 0 Å². The molecule has 32 heavy (non-hydrogen) atoms. The molecule has 0 radical (unpaired) electrons. The molecule has 5 aliphatic carbocycles. The van der Waals surface area contributed by atoms with Crippen LogP contribution in [0, 0.1) is 57.2 Å². The van der Waals surface area contributed by atoms with Crippen molar-refractivity contribution in [3.05, 3.63) is 12.2 Å². The van der Waals surface area contributed by atoms with Gasteiger partial charge in [-0.25, -0.2) is 0 Å². The Labute approximate surface area is 199 Å².